The van der Waals surface area contributed by atoms with Crippen molar-refractivity contribution in [2.24, 2.45) is 0 Å². The lowest BCUT2D eigenvalue weighted by atomic mass is 9.80. The molecule has 0 saturated carbocycles. The van der Waals surface area contributed by atoms with Crippen LogP contribution in [0.4, 0.5) is 0 Å². The van der Waals surface area contributed by atoms with Gasteiger partial charge >= 0.3 is 5.97 Å². The molecule has 0 fully saturated rings. The molecule has 1 aromatic carbocycles. The van der Waals surface area contributed by atoms with Crippen LogP contribution in [0.3, 0.4) is 0 Å². The average Bonchev–Trinajstić information content (AvgIpc) is 2.46. The van der Waals surface area contributed by atoms with Crippen LogP contribution in [0, 0.1) is 6.92 Å². The molecule has 0 bridgehead atoms. The van der Waals surface area contributed by atoms with Crippen LogP contribution < -0.4 is 0 Å². The number of aromatic nitrogens is 1. The molecule has 1 aromatic heterocycles. The maximum atomic E-state index is 11.5. The Kier molecular flexibility index (Phi) is 3.26. The van der Waals surface area contributed by atoms with Gasteiger partial charge in [0.25, 0.3) is 0 Å². The van der Waals surface area contributed by atoms with Crippen LogP contribution in [0.25, 0.3) is 0 Å². The number of aromatic carboxylic acids is 1. The average molecular weight is 267 g/mol. The van der Waals surface area contributed by atoms with Crippen molar-refractivity contribution in [2.45, 2.75) is 32.1 Å². The number of carboxylic acids is 1. The van der Waals surface area contributed by atoms with E-state index in [4.69, 9.17) is 0 Å². The summed E-state index contributed by atoms with van der Waals surface area (Å²) in [5.74, 6) is -0.756. The van der Waals surface area contributed by atoms with Crippen molar-refractivity contribution in [3.05, 3.63) is 64.5 Å². The molecule has 0 aliphatic heterocycles. The zero-order valence-corrected chi connectivity index (χ0v) is 11.5. The van der Waals surface area contributed by atoms with E-state index in [1.165, 1.54) is 5.56 Å². The van der Waals surface area contributed by atoms with Crippen molar-refractivity contribution < 1.29 is 9.90 Å². The maximum absolute atomic E-state index is 11.5. The number of fused-ring (bicyclic) bond motifs is 1. The number of carboxylic acid groups (broad SMARTS) is 1. The summed E-state index contributed by atoms with van der Waals surface area (Å²) in [6.07, 6.45) is 4.88. The van der Waals surface area contributed by atoms with Crippen molar-refractivity contribution in [1.29, 1.82) is 0 Å². The molecule has 1 heterocycles. The third kappa shape index (κ3) is 2.20. The zero-order chi connectivity index (χ0) is 14.1. The number of nitrogens with zero attached hydrogens (tertiary/aromatic N) is 1. The third-order valence-corrected chi connectivity index (χ3v) is 4.01. The fraction of sp³-hybridized carbons (Fsp3) is 0.294. The molecule has 2 aromatic rings. The molecule has 20 heavy (non-hydrogen) atoms. The summed E-state index contributed by atoms with van der Waals surface area (Å²) in [4.78, 5) is 16.0. The lowest BCUT2D eigenvalue weighted by Crippen LogP contribution is -2.16. The van der Waals surface area contributed by atoms with Crippen LogP contribution in [0.5, 0.6) is 0 Å². The Hall–Kier alpha value is -2.16. The molecule has 1 aliphatic rings. The van der Waals surface area contributed by atoms with Crippen molar-refractivity contribution in [3.8, 4) is 0 Å². The summed E-state index contributed by atoms with van der Waals surface area (Å²) in [5.41, 5.74) is 4.69. The van der Waals surface area contributed by atoms with Crippen LogP contribution in [0.1, 0.15) is 51.5 Å². The lowest BCUT2D eigenvalue weighted by Gasteiger charge is -2.26. The van der Waals surface area contributed by atoms with E-state index in [9.17, 15) is 9.90 Å². The normalized spacial score (nSPS) is 17.6. The molecule has 1 N–H and O–H groups in total. The van der Waals surface area contributed by atoms with Crippen molar-refractivity contribution in [2.75, 3.05) is 0 Å². The standard InChI is InChI=1S/C17H17NO2/c1-11-7-8-14(17(19)20)15(10-11)13-6-2-4-12-5-3-9-18-16(12)13/h3,5,7-10,13H,2,4,6H2,1H3,(H,19,20). The lowest BCUT2D eigenvalue weighted by molar-refractivity contribution is 0.0695. The van der Waals surface area contributed by atoms with Crippen LogP contribution in [0.2, 0.25) is 0 Å². The number of hydrogen-bond donors (Lipinski definition) is 1. The Morgan fingerprint density at radius 2 is 2.20 bits per heavy atom. The second-order valence-electron chi connectivity index (χ2n) is 5.39. The highest BCUT2D eigenvalue weighted by Crippen LogP contribution is 2.37. The number of pyridine rings is 1. The van der Waals surface area contributed by atoms with Gasteiger partial charge in [0.2, 0.25) is 0 Å². The van der Waals surface area contributed by atoms with Gasteiger partial charge in [-0.2, -0.15) is 0 Å². The van der Waals surface area contributed by atoms with Crippen LogP contribution >= 0.6 is 0 Å². The van der Waals surface area contributed by atoms with E-state index in [2.05, 4.69) is 11.1 Å². The maximum Gasteiger partial charge on any atom is 0.335 e. The molecule has 1 unspecified atom stereocenters. The molecule has 3 rings (SSSR count). The van der Waals surface area contributed by atoms with E-state index in [-0.39, 0.29) is 5.92 Å². The quantitative estimate of drug-likeness (QED) is 0.905. The van der Waals surface area contributed by atoms with Crippen LogP contribution in [-0.2, 0) is 6.42 Å². The van der Waals surface area contributed by atoms with Gasteiger partial charge in [-0.25, -0.2) is 4.79 Å². The minimum absolute atomic E-state index is 0.103. The van der Waals surface area contributed by atoms with Gasteiger partial charge in [-0.15, -0.1) is 0 Å². The molecule has 0 radical (unpaired) electrons. The van der Waals surface area contributed by atoms with Gasteiger partial charge in [-0.05, 0) is 49.4 Å². The van der Waals surface area contributed by atoms with Gasteiger partial charge in [0.1, 0.15) is 0 Å². The van der Waals surface area contributed by atoms with Gasteiger partial charge in [-0.1, -0.05) is 23.8 Å². The second-order valence-corrected chi connectivity index (χ2v) is 5.39. The monoisotopic (exact) mass is 267 g/mol. The largest absolute Gasteiger partial charge is 0.478 e. The van der Waals surface area contributed by atoms with Crippen LogP contribution in [-0.4, -0.2) is 16.1 Å². The van der Waals surface area contributed by atoms with Gasteiger partial charge in [0.15, 0.2) is 0 Å². The Labute approximate surface area is 118 Å². The fourth-order valence-corrected chi connectivity index (χ4v) is 3.08. The zero-order valence-electron chi connectivity index (χ0n) is 11.5. The predicted octanol–water partition coefficient (Wildman–Crippen LogP) is 3.56. The highest BCUT2D eigenvalue weighted by molar-refractivity contribution is 5.90. The molecule has 1 atom stereocenters. The molecule has 1 aliphatic carbocycles. The van der Waals surface area contributed by atoms with E-state index >= 15 is 0 Å². The third-order valence-electron chi connectivity index (χ3n) is 4.01. The highest BCUT2D eigenvalue weighted by Gasteiger charge is 2.26. The van der Waals surface area contributed by atoms with Crippen molar-refractivity contribution in [3.63, 3.8) is 0 Å². The first-order chi connectivity index (χ1) is 9.66. The number of carbonyl (C=O) groups is 1. The van der Waals surface area contributed by atoms with E-state index in [1.807, 2.05) is 25.1 Å². The topological polar surface area (TPSA) is 50.2 Å². The Balaban J connectivity index is 2.15. The summed E-state index contributed by atoms with van der Waals surface area (Å²) in [5, 5.41) is 9.41. The summed E-state index contributed by atoms with van der Waals surface area (Å²) < 4.78 is 0. The summed E-state index contributed by atoms with van der Waals surface area (Å²) in [6.45, 7) is 2.00. The summed E-state index contributed by atoms with van der Waals surface area (Å²) >= 11 is 0. The van der Waals surface area contributed by atoms with Crippen molar-refractivity contribution in [1.82, 2.24) is 4.98 Å². The molecule has 3 heteroatoms. The van der Waals surface area contributed by atoms with Crippen molar-refractivity contribution >= 4 is 5.97 Å². The molecule has 0 saturated heterocycles. The predicted molar refractivity (Wildman–Crippen MR) is 77.2 cm³/mol. The Morgan fingerprint density at radius 3 is 3.00 bits per heavy atom. The minimum Gasteiger partial charge on any atom is -0.478 e. The Bertz CT molecular complexity index is 664. The first-order valence-corrected chi connectivity index (χ1v) is 6.94. The number of rotatable bonds is 2. The molecular weight excluding hydrogens is 250 g/mol. The second kappa shape index (κ2) is 5.08. The summed E-state index contributed by atoms with van der Waals surface area (Å²) in [7, 11) is 0. The van der Waals surface area contributed by atoms with Gasteiger partial charge in [0, 0.05) is 12.1 Å². The smallest absolute Gasteiger partial charge is 0.335 e. The molecule has 0 spiro atoms. The van der Waals surface area contributed by atoms with E-state index in [0.717, 1.165) is 36.1 Å². The van der Waals surface area contributed by atoms with Crippen LogP contribution in [0.15, 0.2) is 36.5 Å². The highest BCUT2D eigenvalue weighted by atomic mass is 16.4. The first kappa shape index (κ1) is 12.9. The van der Waals surface area contributed by atoms with Gasteiger partial charge < -0.3 is 5.11 Å². The van der Waals surface area contributed by atoms with Gasteiger partial charge in [-0.3, -0.25) is 4.98 Å². The summed E-state index contributed by atoms with van der Waals surface area (Å²) in [6, 6.07) is 9.62. The first-order valence-electron chi connectivity index (χ1n) is 6.94. The number of hydrogen-bond acceptors (Lipinski definition) is 2. The minimum atomic E-state index is -0.858. The molecule has 102 valence electrons. The van der Waals surface area contributed by atoms with E-state index < -0.39 is 5.97 Å². The molecule has 3 nitrogen and oxygen atoms in total. The molecule has 0 amide bonds. The van der Waals surface area contributed by atoms with E-state index in [0.29, 0.717) is 5.56 Å². The molecular formula is C17H17NO2. The Morgan fingerprint density at radius 1 is 1.35 bits per heavy atom. The number of benzene rings is 1. The van der Waals surface area contributed by atoms with Gasteiger partial charge in [0.05, 0.1) is 11.3 Å². The SMILES string of the molecule is Cc1ccc(C(=O)O)c(C2CCCc3cccnc32)c1. The van der Waals surface area contributed by atoms with E-state index in [1.54, 1.807) is 12.3 Å². The fourth-order valence-electron chi connectivity index (χ4n) is 3.08. The number of aryl methyl sites for hydroxylation is 2.